The molecule has 2 aromatic rings. The summed E-state index contributed by atoms with van der Waals surface area (Å²) >= 11 is 12.8. The molecule has 0 heterocycles. The van der Waals surface area contributed by atoms with Crippen molar-refractivity contribution >= 4 is 43.5 Å². The Balaban J connectivity index is 2.08. The summed E-state index contributed by atoms with van der Waals surface area (Å²) in [6.07, 6.45) is 0. The molecule has 0 atom stereocenters. The Kier molecular flexibility index (Phi) is 5.10. The first kappa shape index (κ1) is 13.9. The van der Waals surface area contributed by atoms with E-state index in [0.717, 1.165) is 31.7 Å². The number of hydrogen-bond acceptors (Lipinski definition) is 1. The monoisotopic (exact) mass is 388 g/mol. The van der Waals surface area contributed by atoms with E-state index in [1.54, 1.807) is 0 Å². The smallest absolute Gasteiger partial charge is 0.123 e. The van der Waals surface area contributed by atoms with Crippen molar-refractivity contribution in [2.45, 2.75) is 11.9 Å². The molecule has 94 valence electrons. The van der Waals surface area contributed by atoms with Gasteiger partial charge in [-0.2, -0.15) is 0 Å². The van der Waals surface area contributed by atoms with Crippen LogP contribution in [-0.4, -0.2) is 0 Å². The molecule has 0 aliphatic rings. The van der Waals surface area contributed by atoms with Gasteiger partial charge in [0, 0.05) is 20.4 Å². The number of benzene rings is 2. The molecule has 4 heteroatoms. The maximum atomic E-state index is 5.84. The Morgan fingerprint density at radius 2 is 1.78 bits per heavy atom. The fourth-order valence-corrected chi connectivity index (χ4v) is 2.51. The van der Waals surface area contributed by atoms with Gasteiger partial charge >= 0.3 is 0 Å². The van der Waals surface area contributed by atoms with Crippen LogP contribution in [-0.2, 0) is 11.9 Å². The van der Waals surface area contributed by atoms with E-state index >= 15 is 0 Å². The van der Waals surface area contributed by atoms with Crippen LogP contribution >= 0.6 is 43.5 Å². The molecular formula is C14H11Br2ClO. The summed E-state index contributed by atoms with van der Waals surface area (Å²) in [4.78, 5) is 0. The van der Waals surface area contributed by atoms with Gasteiger partial charge in [0.25, 0.3) is 0 Å². The van der Waals surface area contributed by atoms with Gasteiger partial charge in [0.2, 0.25) is 0 Å². The quantitative estimate of drug-likeness (QED) is 0.620. The first-order valence-corrected chi connectivity index (χ1v) is 7.70. The number of halogens is 3. The molecule has 0 radical (unpaired) electrons. The minimum Gasteiger partial charge on any atom is -0.489 e. The Bertz CT molecular complexity index is 526. The Labute approximate surface area is 128 Å². The normalized spacial score (nSPS) is 10.4. The van der Waals surface area contributed by atoms with Crippen molar-refractivity contribution in [2.75, 3.05) is 0 Å². The lowest BCUT2D eigenvalue weighted by molar-refractivity contribution is 0.304. The molecule has 18 heavy (non-hydrogen) atoms. The minimum atomic E-state index is 0.540. The van der Waals surface area contributed by atoms with Gasteiger partial charge in [-0.25, -0.2) is 0 Å². The molecule has 0 N–H and O–H groups in total. The van der Waals surface area contributed by atoms with E-state index in [-0.39, 0.29) is 0 Å². The standard InChI is InChI=1S/C14H11Br2ClO/c15-8-11-7-12(16)3-6-14(11)18-9-10-1-4-13(17)5-2-10/h1-7H,8-9H2. The van der Waals surface area contributed by atoms with Crippen LogP contribution in [0.4, 0.5) is 0 Å². The first-order chi connectivity index (χ1) is 8.69. The van der Waals surface area contributed by atoms with E-state index < -0.39 is 0 Å². The Morgan fingerprint density at radius 3 is 2.44 bits per heavy atom. The molecule has 2 aromatic carbocycles. The maximum absolute atomic E-state index is 5.84. The van der Waals surface area contributed by atoms with Crippen LogP contribution in [0.2, 0.25) is 5.02 Å². The zero-order chi connectivity index (χ0) is 13.0. The number of rotatable bonds is 4. The van der Waals surface area contributed by atoms with Crippen LogP contribution in [0.25, 0.3) is 0 Å². The number of hydrogen-bond donors (Lipinski definition) is 0. The topological polar surface area (TPSA) is 9.23 Å². The van der Waals surface area contributed by atoms with Crippen LogP contribution in [0.5, 0.6) is 5.75 Å². The molecule has 0 spiro atoms. The van der Waals surface area contributed by atoms with Gasteiger partial charge in [-0.15, -0.1) is 0 Å². The zero-order valence-electron chi connectivity index (χ0n) is 9.50. The maximum Gasteiger partial charge on any atom is 0.123 e. The van der Waals surface area contributed by atoms with E-state index in [0.29, 0.717) is 6.61 Å². The average molecular weight is 391 g/mol. The molecule has 0 aromatic heterocycles. The molecule has 0 aliphatic carbocycles. The van der Waals surface area contributed by atoms with Gasteiger partial charge in [0.1, 0.15) is 12.4 Å². The largest absolute Gasteiger partial charge is 0.489 e. The van der Waals surface area contributed by atoms with Gasteiger partial charge < -0.3 is 4.74 Å². The highest BCUT2D eigenvalue weighted by Gasteiger charge is 2.04. The van der Waals surface area contributed by atoms with Crippen LogP contribution in [0, 0.1) is 0 Å². The van der Waals surface area contributed by atoms with Crippen LogP contribution in [0.1, 0.15) is 11.1 Å². The van der Waals surface area contributed by atoms with E-state index in [4.69, 9.17) is 16.3 Å². The highest BCUT2D eigenvalue weighted by molar-refractivity contribution is 9.10. The summed E-state index contributed by atoms with van der Waals surface area (Å²) in [5, 5.41) is 1.51. The summed E-state index contributed by atoms with van der Waals surface area (Å²) < 4.78 is 6.87. The highest BCUT2D eigenvalue weighted by Crippen LogP contribution is 2.26. The van der Waals surface area contributed by atoms with Crippen molar-refractivity contribution in [1.29, 1.82) is 0 Å². The lowest BCUT2D eigenvalue weighted by Crippen LogP contribution is -1.97. The average Bonchev–Trinajstić information content (AvgIpc) is 2.39. The molecule has 0 unspecified atom stereocenters. The predicted molar refractivity (Wildman–Crippen MR) is 82.6 cm³/mol. The summed E-state index contributed by atoms with van der Waals surface area (Å²) in [5.41, 5.74) is 2.22. The van der Waals surface area contributed by atoms with Crippen LogP contribution in [0.3, 0.4) is 0 Å². The molecular weight excluding hydrogens is 379 g/mol. The minimum absolute atomic E-state index is 0.540. The van der Waals surface area contributed by atoms with Crippen LogP contribution < -0.4 is 4.74 Å². The zero-order valence-corrected chi connectivity index (χ0v) is 13.4. The molecule has 0 amide bonds. The van der Waals surface area contributed by atoms with Crippen molar-refractivity contribution < 1.29 is 4.74 Å². The number of alkyl halides is 1. The molecule has 0 saturated heterocycles. The molecule has 0 fully saturated rings. The van der Waals surface area contributed by atoms with Gasteiger partial charge in [0.15, 0.2) is 0 Å². The van der Waals surface area contributed by atoms with E-state index in [9.17, 15) is 0 Å². The van der Waals surface area contributed by atoms with Crippen molar-refractivity contribution in [2.24, 2.45) is 0 Å². The van der Waals surface area contributed by atoms with Crippen LogP contribution in [0.15, 0.2) is 46.9 Å². The third-order valence-corrected chi connectivity index (χ3v) is 3.82. The summed E-state index contributed by atoms with van der Waals surface area (Å²) in [6.45, 7) is 0.540. The summed E-state index contributed by atoms with van der Waals surface area (Å²) in [7, 11) is 0. The Hall–Kier alpha value is -0.510. The fourth-order valence-electron chi connectivity index (χ4n) is 1.53. The third-order valence-electron chi connectivity index (χ3n) is 2.47. The van der Waals surface area contributed by atoms with Gasteiger partial charge in [-0.3, -0.25) is 0 Å². The van der Waals surface area contributed by atoms with Gasteiger partial charge in [0.05, 0.1) is 0 Å². The van der Waals surface area contributed by atoms with Crippen molar-refractivity contribution in [3.63, 3.8) is 0 Å². The Morgan fingerprint density at radius 1 is 1.06 bits per heavy atom. The third kappa shape index (κ3) is 3.74. The second kappa shape index (κ2) is 6.60. The first-order valence-electron chi connectivity index (χ1n) is 5.40. The van der Waals surface area contributed by atoms with Crippen molar-refractivity contribution in [3.8, 4) is 5.75 Å². The summed E-state index contributed by atoms with van der Waals surface area (Å²) in [5.74, 6) is 0.894. The van der Waals surface area contributed by atoms with Gasteiger partial charge in [-0.1, -0.05) is 55.6 Å². The fraction of sp³-hybridized carbons (Fsp3) is 0.143. The second-order valence-corrected chi connectivity index (χ2v) is 5.71. The molecule has 2 rings (SSSR count). The second-order valence-electron chi connectivity index (χ2n) is 3.80. The molecule has 0 aliphatic heterocycles. The van der Waals surface area contributed by atoms with E-state index in [1.165, 1.54) is 0 Å². The SMILES string of the molecule is Clc1ccc(COc2ccc(Br)cc2CBr)cc1. The van der Waals surface area contributed by atoms with Crippen molar-refractivity contribution in [3.05, 3.63) is 63.1 Å². The lowest BCUT2D eigenvalue weighted by Gasteiger charge is -2.10. The van der Waals surface area contributed by atoms with Crippen molar-refractivity contribution in [1.82, 2.24) is 0 Å². The van der Waals surface area contributed by atoms with Gasteiger partial charge in [-0.05, 0) is 35.9 Å². The van der Waals surface area contributed by atoms with E-state index in [2.05, 4.69) is 31.9 Å². The number of ether oxygens (including phenoxy) is 1. The molecule has 0 bridgehead atoms. The molecule has 1 nitrogen and oxygen atoms in total. The lowest BCUT2D eigenvalue weighted by atomic mass is 10.2. The molecule has 0 saturated carbocycles. The highest BCUT2D eigenvalue weighted by atomic mass is 79.9. The summed E-state index contributed by atoms with van der Waals surface area (Å²) in [6, 6.07) is 13.7. The van der Waals surface area contributed by atoms with E-state index in [1.807, 2.05) is 42.5 Å². The predicted octanol–water partition coefficient (Wildman–Crippen LogP) is 5.58.